The summed E-state index contributed by atoms with van der Waals surface area (Å²) in [5.41, 5.74) is 4.26. The van der Waals surface area contributed by atoms with Crippen molar-refractivity contribution in [1.82, 2.24) is 10.3 Å². The Morgan fingerprint density at radius 2 is 1.92 bits per heavy atom. The van der Waals surface area contributed by atoms with Gasteiger partial charge in [0.05, 0.1) is 14.2 Å². The van der Waals surface area contributed by atoms with Crippen LogP contribution in [-0.2, 0) is 17.6 Å². The molecule has 0 amide bonds. The van der Waals surface area contributed by atoms with Crippen molar-refractivity contribution in [2.45, 2.75) is 18.9 Å². The van der Waals surface area contributed by atoms with E-state index in [9.17, 15) is 4.79 Å². The topological polar surface area (TPSA) is 63.3 Å². The first-order valence-corrected chi connectivity index (χ1v) is 8.77. The minimum atomic E-state index is -0.306. The van der Waals surface area contributed by atoms with Gasteiger partial charge in [0.1, 0.15) is 6.04 Å². The molecule has 0 saturated heterocycles. The molecule has 2 heterocycles. The summed E-state index contributed by atoms with van der Waals surface area (Å²) >= 11 is 0. The van der Waals surface area contributed by atoms with Crippen LogP contribution in [0.15, 0.2) is 42.5 Å². The predicted octanol–water partition coefficient (Wildman–Crippen LogP) is 3.18. The number of aromatic amines is 1. The van der Waals surface area contributed by atoms with Gasteiger partial charge in [0.15, 0.2) is 17.3 Å². The first kappa shape index (κ1) is 16.7. The summed E-state index contributed by atoms with van der Waals surface area (Å²) in [7, 11) is 3.20. The molecule has 1 unspecified atom stereocenters. The highest BCUT2D eigenvalue weighted by Gasteiger charge is 2.29. The summed E-state index contributed by atoms with van der Waals surface area (Å²) in [6.07, 6.45) is 1.27. The highest BCUT2D eigenvalue weighted by atomic mass is 16.5. The Morgan fingerprint density at radius 3 is 2.73 bits per heavy atom. The van der Waals surface area contributed by atoms with E-state index in [4.69, 9.17) is 9.47 Å². The number of benzene rings is 2. The lowest BCUT2D eigenvalue weighted by Gasteiger charge is -2.23. The van der Waals surface area contributed by atoms with Crippen LogP contribution in [0.2, 0.25) is 0 Å². The Morgan fingerprint density at radius 1 is 1.12 bits per heavy atom. The Hall–Kier alpha value is -2.79. The van der Waals surface area contributed by atoms with Crippen LogP contribution >= 0.6 is 0 Å². The molecule has 134 valence electrons. The van der Waals surface area contributed by atoms with Crippen molar-refractivity contribution in [2.75, 3.05) is 20.8 Å². The Bertz CT molecular complexity index is 961. The zero-order valence-corrected chi connectivity index (χ0v) is 15.0. The molecule has 0 bridgehead atoms. The average Bonchev–Trinajstić information content (AvgIpc) is 3.06. The van der Waals surface area contributed by atoms with Gasteiger partial charge in [-0.15, -0.1) is 0 Å². The van der Waals surface area contributed by atoms with Crippen LogP contribution < -0.4 is 14.8 Å². The molecule has 3 aromatic rings. The molecule has 2 N–H and O–H groups in total. The molecule has 1 aliphatic rings. The number of rotatable bonds is 5. The molecule has 4 rings (SSSR count). The van der Waals surface area contributed by atoms with Crippen molar-refractivity contribution in [3.8, 4) is 11.5 Å². The molecule has 2 aromatic carbocycles. The molecular weight excluding hydrogens is 328 g/mol. The zero-order chi connectivity index (χ0) is 18.1. The quantitative estimate of drug-likeness (QED) is 0.742. The van der Waals surface area contributed by atoms with E-state index in [-0.39, 0.29) is 11.8 Å². The standard InChI is InChI=1S/C21H22N2O3/c1-25-18-8-7-13(12-19(18)26-2)11-17(24)21-20-15(9-10-22-21)14-5-3-4-6-16(14)23-20/h3-8,12,21-23H,9-11H2,1-2H3. The van der Waals surface area contributed by atoms with Gasteiger partial charge in [-0.05, 0) is 35.7 Å². The fourth-order valence-electron chi connectivity index (χ4n) is 3.75. The summed E-state index contributed by atoms with van der Waals surface area (Å²) in [5, 5.41) is 4.59. The number of Topliss-reactive ketones (excluding diaryl/α,β-unsaturated/α-hetero) is 1. The molecule has 0 aliphatic carbocycles. The van der Waals surface area contributed by atoms with E-state index in [0.29, 0.717) is 17.9 Å². The molecule has 1 aliphatic heterocycles. The monoisotopic (exact) mass is 350 g/mol. The van der Waals surface area contributed by atoms with Crippen LogP contribution in [0.25, 0.3) is 10.9 Å². The summed E-state index contributed by atoms with van der Waals surface area (Å²) < 4.78 is 10.6. The number of nitrogens with one attached hydrogen (secondary N) is 2. The highest BCUT2D eigenvalue weighted by molar-refractivity contribution is 5.92. The Balaban J connectivity index is 1.62. The lowest BCUT2D eigenvalue weighted by atomic mass is 9.94. The molecule has 1 atom stereocenters. The van der Waals surface area contributed by atoms with E-state index >= 15 is 0 Å². The van der Waals surface area contributed by atoms with E-state index in [0.717, 1.165) is 29.7 Å². The molecule has 1 aromatic heterocycles. The maximum atomic E-state index is 13.0. The van der Waals surface area contributed by atoms with Crippen LogP contribution in [0.4, 0.5) is 0 Å². The predicted molar refractivity (Wildman–Crippen MR) is 101 cm³/mol. The number of carbonyl (C=O) groups is 1. The SMILES string of the molecule is COc1ccc(CC(=O)C2NCCc3c2[nH]c2ccccc32)cc1OC. The normalized spacial score (nSPS) is 16.3. The minimum Gasteiger partial charge on any atom is -0.493 e. The average molecular weight is 350 g/mol. The lowest BCUT2D eigenvalue weighted by Crippen LogP contribution is -2.35. The van der Waals surface area contributed by atoms with Gasteiger partial charge in [-0.3, -0.25) is 4.79 Å². The minimum absolute atomic E-state index is 0.143. The smallest absolute Gasteiger partial charge is 0.161 e. The number of aromatic nitrogens is 1. The van der Waals surface area contributed by atoms with Gasteiger partial charge in [-0.25, -0.2) is 0 Å². The van der Waals surface area contributed by atoms with Gasteiger partial charge in [0.25, 0.3) is 0 Å². The fourth-order valence-corrected chi connectivity index (χ4v) is 3.75. The molecule has 0 fully saturated rings. The number of ether oxygens (including phenoxy) is 2. The molecule has 0 radical (unpaired) electrons. The van der Waals surface area contributed by atoms with Crippen LogP contribution in [0.5, 0.6) is 11.5 Å². The first-order valence-electron chi connectivity index (χ1n) is 8.77. The molecular formula is C21H22N2O3. The van der Waals surface area contributed by atoms with Gasteiger partial charge in [-0.1, -0.05) is 24.3 Å². The Kier molecular flexibility index (Phi) is 4.39. The number of methoxy groups -OCH3 is 2. The second-order valence-corrected chi connectivity index (χ2v) is 6.53. The Labute approximate surface area is 152 Å². The van der Waals surface area contributed by atoms with Crippen molar-refractivity contribution in [1.29, 1.82) is 0 Å². The van der Waals surface area contributed by atoms with Crippen molar-refractivity contribution in [3.63, 3.8) is 0 Å². The summed E-state index contributed by atoms with van der Waals surface area (Å²) in [6, 6.07) is 13.5. The second kappa shape index (κ2) is 6.84. The van der Waals surface area contributed by atoms with Crippen LogP contribution in [-0.4, -0.2) is 31.5 Å². The third-order valence-electron chi connectivity index (χ3n) is 5.01. The molecule has 26 heavy (non-hydrogen) atoms. The van der Waals surface area contributed by atoms with E-state index in [1.165, 1.54) is 10.9 Å². The van der Waals surface area contributed by atoms with Crippen molar-refractivity contribution < 1.29 is 14.3 Å². The number of ketones is 1. The van der Waals surface area contributed by atoms with Crippen molar-refractivity contribution in [2.24, 2.45) is 0 Å². The number of fused-ring (bicyclic) bond motifs is 3. The number of carbonyl (C=O) groups excluding carboxylic acids is 1. The van der Waals surface area contributed by atoms with E-state index in [1.54, 1.807) is 14.2 Å². The van der Waals surface area contributed by atoms with Crippen LogP contribution in [0.1, 0.15) is 22.9 Å². The summed E-state index contributed by atoms with van der Waals surface area (Å²) in [4.78, 5) is 16.5. The second-order valence-electron chi connectivity index (χ2n) is 6.53. The van der Waals surface area contributed by atoms with Crippen LogP contribution in [0, 0.1) is 0 Å². The number of para-hydroxylation sites is 1. The van der Waals surface area contributed by atoms with Gasteiger partial charge >= 0.3 is 0 Å². The van der Waals surface area contributed by atoms with Gasteiger partial charge in [0.2, 0.25) is 0 Å². The van der Waals surface area contributed by atoms with Gasteiger partial charge < -0.3 is 19.8 Å². The summed E-state index contributed by atoms with van der Waals surface area (Å²) in [5.74, 6) is 1.45. The molecule has 0 saturated carbocycles. The lowest BCUT2D eigenvalue weighted by molar-refractivity contribution is -0.120. The number of hydrogen-bond donors (Lipinski definition) is 2. The zero-order valence-electron chi connectivity index (χ0n) is 15.0. The van der Waals surface area contributed by atoms with E-state index in [2.05, 4.69) is 22.4 Å². The molecule has 5 heteroatoms. The van der Waals surface area contributed by atoms with E-state index in [1.807, 2.05) is 30.3 Å². The van der Waals surface area contributed by atoms with Crippen molar-refractivity contribution >= 4 is 16.7 Å². The molecule has 0 spiro atoms. The fraction of sp³-hybridized carbons (Fsp3) is 0.286. The third-order valence-corrected chi connectivity index (χ3v) is 5.01. The highest BCUT2D eigenvalue weighted by Crippen LogP contribution is 2.32. The van der Waals surface area contributed by atoms with Crippen LogP contribution in [0.3, 0.4) is 0 Å². The van der Waals surface area contributed by atoms with E-state index < -0.39 is 0 Å². The van der Waals surface area contributed by atoms with Gasteiger partial charge in [0, 0.05) is 29.6 Å². The number of H-pyrrole nitrogens is 1. The maximum absolute atomic E-state index is 13.0. The van der Waals surface area contributed by atoms with Gasteiger partial charge in [-0.2, -0.15) is 0 Å². The third kappa shape index (κ3) is 2.84. The van der Waals surface area contributed by atoms with Crippen molar-refractivity contribution in [3.05, 3.63) is 59.3 Å². The summed E-state index contributed by atoms with van der Waals surface area (Å²) in [6.45, 7) is 0.803. The molecule has 5 nitrogen and oxygen atoms in total. The number of hydrogen-bond acceptors (Lipinski definition) is 4. The maximum Gasteiger partial charge on any atom is 0.161 e. The first-order chi connectivity index (χ1) is 12.7. The largest absolute Gasteiger partial charge is 0.493 e.